The van der Waals surface area contributed by atoms with Crippen LogP contribution in [0.25, 0.3) is 0 Å². The summed E-state index contributed by atoms with van der Waals surface area (Å²) in [5.41, 5.74) is 5.34. The fourth-order valence-electron chi connectivity index (χ4n) is 4.51. The summed E-state index contributed by atoms with van der Waals surface area (Å²) in [5.74, 6) is 0.717. The highest BCUT2D eigenvalue weighted by atomic mass is 32.2. The number of hydrogen-bond acceptors (Lipinski definition) is 10. The van der Waals surface area contributed by atoms with Crippen LogP contribution in [-0.2, 0) is 23.9 Å². The van der Waals surface area contributed by atoms with Gasteiger partial charge in [-0.3, -0.25) is 15.0 Å². The van der Waals surface area contributed by atoms with Crippen LogP contribution in [0.2, 0.25) is 0 Å². The Hall–Kier alpha value is -3.19. The molecule has 11 nitrogen and oxygen atoms in total. The number of aliphatic hydroxyl groups is 1. The molecule has 3 heterocycles. The first-order chi connectivity index (χ1) is 18.7. The third kappa shape index (κ3) is 9.81. The molecule has 0 aromatic carbocycles. The average molecular weight is 557 g/mol. The van der Waals surface area contributed by atoms with E-state index in [0.717, 1.165) is 54.0 Å². The van der Waals surface area contributed by atoms with Crippen molar-refractivity contribution in [3.8, 4) is 0 Å². The number of hydrogen-bond donors (Lipinski definition) is 6. The lowest BCUT2D eigenvalue weighted by Crippen LogP contribution is -2.38. The second kappa shape index (κ2) is 14.8. The van der Waals surface area contributed by atoms with Crippen LogP contribution in [0.3, 0.4) is 0 Å². The summed E-state index contributed by atoms with van der Waals surface area (Å²) in [6.45, 7) is 10.8. The maximum atomic E-state index is 10.9. The van der Waals surface area contributed by atoms with Gasteiger partial charge in [0.2, 0.25) is 16.8 Å². The molecule has 3 aromatic rings. The number of pyridine rings is 2. The first-order valence-corrected chi connectivity index (χ1v) is 14.5. The first-order valence-electron chi connectivity index (χ1n) is 13.3. The molecule has 0 saturated heterocycles. The van der Waals surface area contributed by atoms with Gasteiger partial charge in [-0.05, 0) is 69.9 Å². The molecule has 0 amide bonds. The van der Waals surface area contributed by atoms with Crippen molar-refractivity contribution in [2.45, 2.75) is 85.2 Å². The van der Waals surface area contributed by atoms with Gasteiger partial charge in [0.15, 0.2) is 0 Å². The summed E-state index contributed by atoms with van der Waals surface area (Å²) in [6.07, 6.45) is 5.96. The van der Waals surface area contributed by atoms with Gasteiger partial charge in [-0.1, -0.05) is 20.3 Å². The maximum absolute atomic E-state index is 10.9. The lowest BCUT2D eigenvalue weighted by Gasteiger charge is -2.25. The Bertz CT molecular complexity index is 1280. The normalized spacial score (nSPS) is 13.7. The van der Waals surface area contributed by atoms with Gasteiger partial charge in [-0.2, -0.15) is 0 Å². The van der Waals surface area contributed by atoms with Crippen LogP contribution in [0.1, 0.15) is 74.5 Å². The van der Waals surface area contributed by atoms with Crippen LogP contribution in [0.4, 0.5) is 17.5 Å². The van der Waals surface area contributed by atoms with E-state index in [9.17, 15) is 13.5 Å². The van der Waals surface area contributed by atoms with Crippen LogP contribution < -0.4 is 20.7 Å². The third-order valence-electron chi connectivity index (χ3n) is 6.25. The molecule has 0 bridgehead atoms. The van der Waals surface area contributed by atoms with E-state index in [1.54, 1.807) is 6.07 Å². The van der Waals surface area contributed by atoms with Crippen LogP contribution in [0, 0.1) is 13.8 Å². The second-order valence-corrected chi connectivity index (χ2v) is 10.4. The van der Waals surface area contributed by atoms with Crippen LogP contribution in [0.5, 0.6) is 0 Å². The topological polar surface area (TPSA) is 154 Å². The number of nitrogens with one attached hydrogen (secondary N) is 4. The minimum absolute atomic E-state index is 0.0174. The van der Waals surface area contributed by atoms with Crippen LogP contribution in [-0.4, -0.2) is 45.5 Å². The van der Waals surface area contributed by atoms with Crippen LogP contribution in [0.15, 0.2) is 36.7 Å². The molecule has 3 rings (SSSR count). The SMILES string of the molecule is CCC[C@H](C[C@@H](C)NC(O)c1ccnc(N[SH](=O)=O)c1)NCc1nc(Nc2cc(C)nc(C)c2)ncc1CC. The second-order valence-electron chi connectivity index (χ2n) is 9.70. The standard InChI is InChI=1S/C27H40N8O3S/c1-6-8-22(11-19(5)32-26(36)21-9-10-28-25(14-21)35-39(37)38)29-16-24-20(7-2)15-30-27(34-24)33-23-12-17(3)31-18(4)13-23/h9-10,12-15,19,22,26,29,32,36,39H,6-8,11,16H2,1-5H3,(H,28,35,37,38)(H,30,31,33,34)/t19-,22-,26?/m1/s1. The van der Waals surface area contributed by atoms with E-state index in [1.165, 1.54) is 12.3 Å². The lowest BCUT2D eigenvalue weighted by molar-refractivity contribution is 0.121. The maximum Gasteiger partial charge on any atom is 0.227 e. The van der Waals surface area contributed by atoms with E-state index in [-0.39, 0.29) is 17.9 Å². The molecule has 3 atom stereocenters. The van der Waals surface area contributed by atoms with E-state index in [2.05, 4.69) is 49.5 Å². The van der Waals surface area contributed by atoms with Crippen LogP contribution >= 0.6 is 0 Å². The van der Waals surface area contributed by atoms with Gasteiger partial charge in [0.25, 0.3) is 0 Å². The molecule has 0 fully saturated rings. The summed E-state index contributed by atoms with van der Waals surface area (Å²) >= 11 is 0. The number of anilines is 3. The molecule has 212 valence electrons. The molecular weight excluding hydrogens is 516 g/mol. The Kier molecular flexibility index (Phi) is 11.5. The highest BCUT2D eigenvalue weighted by Gasteiger charge is 2.18. The zero-order chi connectivity index (χ0) is 28.4. The zero-order valence-electron chi connectivity index (χ0n) is 23.2. The summed E-state index contributed by atoms with van der Waals surface area (Å²) in [5, 5.41) is 20.9. The Labute approximate surface area is 232 Å². The lowest BCUT2D eigenvalue weighted by atomic mass is 10.0. The average Bonchev–Trinajstić information content (AvgIpc) is 2.86. The van der Waals surface area contributed by atoms with Crippen molar-refractivity contribution < 1.29 is 13.5 Å². The van der Waals surface area contributed by atoms with Crippen molar-refractivity contribution in [2.75, 3.05) is 10.0 Å². The van der Waals surface area contributed by atoms with Crippen molar-refractivity contribution in [3.05, 3.63) is 64.9 Å². The molecule has 0 aliphatic rings. The van der Waals surface area contributed by atoms with Gasteiger partial charge in [-0.15, -0.1) is 0 Å². The Balaban J connectivity index is 1.63. The summed E-state index contributed by atoms with van der Waals surface area (Å²) < 4.78 is 24.1. The third-order valence-corrected chi connectivity index (χ3v) is 6.67. The zero-order valence-corrected chi connectivity index (χ0v) is 24.1. The predicted octanol–water partition coefficient (Wildman–Crippen LogP) is 3.45. The Morgan fingerprint density at radius 1 is 1.05 bits per heavy atom. The van der Waals surface area contributed by atoms with Gasteiger partial charge in [0.05, 0.1) is 5.69 Å². The molecule has 0 spiro atoms. The molecule has 1 unspecified atom stereocenters. The van der Waals surface area contributed by atoms with Crippen molar-refractivity contribution in [1.29, 1.82) is 0 Å². The number of thiol groups is 1. The predicted molar refractivity (Wildman–Crippen MR) is 154 cm³/mol. The van der Waals surface area contributed by atoms with E-state index in [0.29, 0.717) is 18.1 Å². The summed E-state index contributed by atoms with van der Waals surface area (Å²) in [4.78, 5) is 17.7. The number of rotatable bonds is 15. The molecule has 0 aliphatic carbocycles. The molecule has 12 heteroatoms. The molecule has 0 aliphatic heterocycles. The van der Waals surface area contributed by atoms with Crippen molar-refractivity contribution in [2.24, 2.45) is 0 Å². The first kappa shape index (κ1) is 30.4. The van der Waals surface area contributed by atoms with Crippen molar-refractivity contribution in [1.82, 2.24) is 30.6 Å². The van der Waals surface area contributed by atoms with E-state index in [1.807, 2.05) is 39.1 Å². The van der Waals surface area contributed by atoms with E-state index < -0.39 is 17.1 Å². The minimum atomic E-state index is -2.82. The van der Waals surface area contributed by atoms with Gasteiger partial charge >= 0.3 is 0 Å². The molecule has 5 N–H and O–H groups in total. The van der Waals surface area contributed by atoms with Gasteiger partial charge in [-0.25, -0.2) is 23.4 Å². The molecule has 0 saturated carbocycles. The Morgan fingerprint density at radius 2 is 1.79 bits per heavy atom. The fraction of sp³-hybridized carbons (Fsp3) is 0.481. The summed E-state index contributed by atoms with van der Waals surface area (Å²) in [7, 11) is -2.82. The number of nitrogens with zero attached hydrogens (tertiary/aromatic N) is 4. The molecule has 0 radical (unpaired) electrons. The summed E-state index contributed by atoms with van der Waals surface area (Å²) in [6, 6.07) is 7.28. The highest BCUT2D eigenvalue weighted by molar-refractivity contribution is 7.73. The van der Waals surface area contributed by atoms with Crippen molar-refractivity contribution in [3.63, 3.8) is 0 Å². The minimum Gasteiger partial charge on any atom is -0.374 e. The van der Waals surface area contributed by atoms with E-state index in [4.69, 9.17) is 4.98 Å². The quantitative estimate of drug-likeness (QED) is 0.121. The number of aliphatic hydroxyl groups excluding tert-OH is 1. The molecule has 3 aromatic heterocycles. The molecular formula is C27H40N8O3S. The van der Waals surface area contributed by atoms with Gasteiger partial charge in [0, 0.05) is 53.7 Å². The van der Waals surface area contributed by atoms with Crippen molar-refractivity contribution >= 4 is 28.3 Å². The Morgan fingerprint density at radius 3 is 2.46 bits per heavy atom. The number of aryl methyl sites for hydroxylation is 3. The van der Waals surface area contributed by atoms with Gasteiger partial charge < -0.3 is 15.7 Å². The smallest absolute Gasteiger partial charge is 0.227 e. The largest absolute Gasteiger partial charge is 0.374 e. The number of aromatic nitrogens is 4. The van der Waals surface area contributed by atoms with E-state index >= 15 is 0 Å². The molecule has 39 heavy (non-hydrogen) atoms. The highest BCUT2D eigenvalue weighted by Crippen LogP contribution is 2.19. The van der Waals surface area contributed by atoms with Gasteiger partial charge in [0.1, 0.15) is 12.0 Å². The monoisotopic (exact) mass is 556 g/mol. The fourth-order valence-corrected chi connectivity index (χ4v) is 4.82.